The molecular formula is C64H56N2O2. The number of anilines is 6. The summed E-state index contributed by atoms with van der Waals surface area (Å²) in [4.78, 5) is 4.91. The number of rotatable bonds is 6. The second kappa shape index (κ2) is 15.0. The molecule has 0 saturated carbocycles. The van der Waals surface area contributed by atoms with Crippen molar-refractivity contribution in [3.63, 3.8) is 0 Å². The Hall–Kier alpha value is -7.56. The van der Waals surface area contributed by atoms with E-state index in [9.17, 15) is 0 Å². The molecule has 10 aromatic carbocycles. The van der Waals surface area contributed by atoms with E-state index in [4.69, 9.17) is 8.83 Å². The van der Waals surface area contributed by atoms with Gasteiger partial charge in [-0.1, -0.05) is 82.9 Å². The van der Waals surface area contributed by atoms with Gasteiger partial charge in [0.25, 0.3) is 0 Å². The third kappa shape index (κ3) is 6.19. The fourth-order valence-corrected chi connectivity index (χ4v) is 12.5. The highest BCUT2D eigenvalue weighted by Crippen LogP contribution is 2.49. The molecule has 0 amide bonds. The fraction of sp³-hybridized carbons (Fsp3) is 0.188. The molecule has 2 aromatic heterocycles. The van der Waals surface area contributed by atoms with Gasteiger partial charge in [-0.25, -0.2) is 0 Å². The van der Waals surface area contributed by atoms with Gasteiger partial charge >= 0.3 is 0 Å². The smallest absolute Gasteiger partial charge is 0.143 e. The zero-order valence-electron chi connectivity index (χ0n) is 41.3. The second-order valence-corrected chi connectivity index (χ2v) is 20.2. The van der Waals surface area contributed by atoms with E-state index in [0.717, 1.165) is 66.0 Å². The van der Waals surface area contributed by atoms with Crippen LogP contribution in [0.3, 0.4) is 0 Å². The molecule has 0 aliphatic heterocycles. The summed E-state index contributed by atoms with van der Waals surface area (Å²) in [5.74, 6) is 0. The van der Waals surface area contributed by atoms with E-state index in [0.29, 0.717) is 0 Å². The van der Waals surface area contributed by atoms with E-state index in [1.807, 2.05) is 0 Å². The molecule has 0 N–H and O–H groups in total. The first kappa shape index (κ1) is 41.8. The maximum atomic E-state index is 7.07. The van der Waals surface area contributed by atoms with Gasteiger partial charge in [0.05, 0.1) is 22.7 Å². The standard InChI is InChI=1S/C64H56N2O2/c1-33-21-37(5)59(38(6)22-33)65(60-39(7)23-34(2)24-40(60)8)47-15-19-49-53-29-45-14-18-52-58-46(13-17-51(57(45)58)63(53)67-55(49)31-47)30-54-50-20-16-48(32-56(50)68-64(52)54)66(61-41(9)25-35(3)26-42(61)10)62-43(11)27-36(4)28-44(62)12/h13-32H,1-12H3. The van der Waals surface area contributed by atoms with Gasteiger partial charge in [-0.05, 0) is 187 Å². The van der Waals surface area contributed by atoms with E-state index >= 15 is 0 Å². The van der Waals surface area contributed by atoms with E-state index in [2.05, 4.69) is 214 Å². The number of aryl methyl sites for hydroxylation is 12. The molecule has 0 bridgehead atoms. The van der Waals surface area contributed by atoms with Crippen LogP contribution in [0, 0.1) is 83.1 Å². The lowest BCUT2D eigenvalue weighted by molar-refractivity contribution is 0.672. The van der Waals surface area contributed by atoms with E-state index < -0.39 is 0 Å². The summed E-state index contributed by atoms with van der Waals surface area (Å²) in [6.45, 7) is 26.6. The molecule has 4 heteroatoms. The van der Waals surface area contributed by atoms with Gasteiger partial charge in [0.2, 0.25) is 0 Å². The summed E-state index contributed by atoms with van der Waals surface area (Å²) >= 11 is 0. The van der Waals surface area contributed by atoms with Crippen LogP contribution in [0.25, 0.3) is 76.2 Å². The Morgan fingerprint density at radius 1 is 0.279 bits per heavy atom. The van der Waals surface area contributed by atoms with Crippen molar-refractivity contribution in [2.45, 2.75) is 83.1 Å². The highest BCUT2D eigenvalue weighted by atomic mass is 16.3. The first-order valence-electron chi connectivity index (χ1n) is 24.0. The molecule has 0 radical (unpaired) electrons. The summed E-state index contributed by atoms with van der Waals surface area (Å²) in [5.41, 5.74) is 25.6. The molecule has 0 unspecified atom stereocenters. The van der Waals surface area contributed by atoms with Gasteiger partial charge in [0, 0.05) is 66.6 Å². The van der Waals surface area contributed by atoms with Crippen molar-refractivity contribution in [1.82, 2.24) is 0 Å². The zero-order valence-corrected chi connectivity index (χ0v) is 41.3. The minimum Gasteiger partial charge on any atom is -0.455 e. The minimum absolute atomic E-state index is 0.874. The van der Waals surface area contributed by atoms with E-state index in [-0.39, 0.29) is 0 Å². The Balaban J connectivity index is 1.04. The molecule has 0 atom stereocenters. The van der Waals surface area contributed by atoms with Crippen LogP contribution in [0.15, 0.2) is 130 Å². The fourth-order valence-electron chi connectivity index (χ4n) is 12.5. The average molecular weight is 885 g/mol. The van der Waals surface area contributed by atoms with Gasteiger partial charge in [0.1, 0.15) is 22.3 Å². The summed E-state index contributed by atoms with van der Waals surface area (Å²) in [6, 6.07) is 45.6. The maximum Gasteiger partial charge on any atom is 0.143 e. The average Bonchev–Trinajstić information content (AvgIpc) is 3.83. The third-order valence-corrected chi connectivity index (χ3v) is 14.7. The molecule has 0 aliphatic rings. The molecule has 0 aliphatic carbocycles. The Kier molecular flexibility index (Phi) is 9.21. The predicted octanol–water partition coefficient (Wildman–Crippen LogP) is 19.0. The quantitative estimate of drug-likeness (QED) is 0.156. The second-order valence-electron chi connectivity index (χ2n) is 20.2. The summed E-state index contributed by atoms with van der Waals surface area (Å²) < 4.78 is 14.1. The van der Waals surface area contributed by atoms with Gasteiger partial charge in [0.15, 0.2) is 0 Å². The van der Waals surface area contributed by atoms with Crippen molar-refractivity contribution in [3.8, 4) is 0 Å². The summed E-state index contributed by atoms with van der Waals surface area (Å²) in [6.07, 6.45) is 0. The van der Waals surface area contributed by atoms with Crippen molar-refractivity contribution < 1.29 is 8.83 Å². The maximum absolute atomic E-state index is 7.07. The number of hydrogen-bond acceptors (Lipinski definition) is 4. The van der Waals surface area contributed by atoms with Crippen molar-refractivity contribution >= 4 is 110 Å². The van der Waals surface area contributed by atoms with Crippen molar-refractivity contribution in [2.24, 2.45) is 0 Å². The number of fused-ring (bicyclic) bond motifs is 8. The van der Waals surface area contributed by atoms with Crippen LogP contribution in [0.2, 0.25) is 0 Å². The van der Waals surface area contributed by atoms with Crippen molar-refractivity contribution in [1.29, 1.82) is 0 Å². The molecule has 12 aromatic rings. The number of furan rings is 2. The van der Waals surface area contributed by atoms with E-state index in [1.165, 1.54) is 111 Å². The van der Waals surface area contributed by atoms with Crippen LogP contribution in [0.4, 0.5) is 34.1 Å². The lowest BCUT2D eigenvalue weighted by atomic mass is 9.91. The molecule has 4 nitrogen and oxygen atoms in total. The molecule has 68 heavy (non-hydrogen) atoms. The molecule has 334 valence electrons. The van der Waals surface area contributed by atoms with Gasteiger partial charge < -0.3 is 18.6 Å². The van der Waals surface area contributed by atoms with Crippen LogP contribution in [-0.4, -0.2) is 0 Å². The summed E-state index contributed by atoms with van der Waals surface area (Å²) in [5, 5.41) is 11.5. The minimum atomic E-state index is 0.874. The topological polar surface area (TPSA) is 32.8 Å². The monoisotopic (exact) mass is 884 g/mol. The highest BCUT2D eigenvalue weighted by molar-refractivity contribution is 6.34. The van der Waals surface area contributed by atoms with Crippen molar-refractivity contribution in [2.75, 3.05) is 9.80 Å². The summed E-state index contributed by atoms with van der Waals surface area (Å²) in [7, 11) is 0. The Morgan fingerprint density at radius 3 is 0.853 bits per heavy atom. The van der Waals surface area contributed by atoms with Crippen LogP contribution in [-0.2, 0) is 0 Å². The lowest BCUT2D eigenvalue weighted by Crippen LogP contribution is -2.15. The molecule has 0 fully saturated rings. The van der Waals surface area contributed by atoms with E-state index in [1.54, 1.807) is 0 Å². The van der Waals surface area contributed by atoms with Crippen LogP contribution in [0.1, 0.15) is 66.8 Å². The van der Waals surface area contributed by atoms with Gasteiger partial charge in [-0.3, -0.25) is 0 Å². The molecule has 2 heterocycles. The third-order valence-electron chi connectivity index (χ3n) is 14.7. The Labute approximate surface area is 398 Å². The molecule has 12 rings (SSSR count). The SMILES string of the molecule is Cc1cc(C)c(N(c2ccc3c(c2)oc2c3cc3ccc4c5oc6cc(N(c7c(C)cc(C)cc7C)c7c(C)cc(C)cc7C)ccc6c5cc5ccc2c3c54)c2c(C)cc(C)cc2C)c(C)c1. The van der Waals surface area contributed by atoms with Crippen molar-refractivity contribution in [3.05, 3.63) is 188 Å². The number of benzene rings is 10. The largest absolute Gasteiger partial charge is 0.455 e. The number of hydrogen-bond donors (Lipinski definition) is 0. The molecule has 0 saturated heterocycles. The first-order valence-corrected chi connectivity index (χ1v) is 24.0. The molecule has 0 spiro atoms. The van der Waals surface area contributed by atoms with Crippen LogP contribution >= 0.6 is 0 Å². The zero-order chi connectivity index (χ0) is 47.2. The van der Waals surface area contributed by atoms with Crippen LogP contribution in [0.5, 0.6) is 0 Å². The number of nitrogens with zero attached hydrogens (tertiary/aromatic N) is 2. The highest BCUT2D eigenvalue weighted by Gasteiger charge is 2.26. The predicted molar refractivity (Wildman–Crippen MR) is 291 cm³/mol. The Bertz CT molecular complexity index is 3650. The lowest BCUT2D eigenvalue weighted by Gasteiger charge is -2.32. The van der Waals surface area contributed by atoms with Gasteiger partial charge in [-0.2, -0.15) is 0 Å². The molecular weight excluding hydrogens is 829 g/mol. The van der Waals surface area contributed by atoms with Crippen LogP contribution < -0.4 is 9.80 Å². The Morgan fingerprint density at radius 2 is 0.559 bits per heavy atom. The normalized spacial score (nSPS) is 12.1. The first-order chi connectivity index (χ1) is 32.6. The van der Waals surface area contributed by atoms with Gasteiger partial charge in [-0.15, -0.1) is 0 Å².